The molecular weight excluding hydrogens is 228 g/mol. The van der Waals surface area contributed by atoms with Crippen molar-refractivity contribution in [1.29, 1.82) is 0 Å². The zero-order valence-corrected chi connectivity index (χ0v) is 12.1. The Morgan fingerprint density at radius 3 is 2.39 bits per heavy atom. The number of aromatic nitrogens is 3. The maximum atomic E-state index is 12.8. The summed E-state index contributed by atoms with van der Waals surface area (Å²) in [5, 5.41) is 7.79. The molecule has 0 N–H and O–H groups in total. The number of nitrogens with zero attached hydrogens (tertiary/aromatic N) is 4. The van der Waals surface area contributed by atoms with E-state index < -0.39 is 5.54 Å². The molecule has 1 atom stereocenters. The Balaban J connectivity index is 3.12. The van der Waals surface area contributed by atoms with Crippen LogP contribution in [0.25, 0.3) is 0 Å². The molecule has 0 saturated carbocycles. The van der Waals surface area contributed by atoms with Crippen LogP contribution in [-0.2, 0) is 6.54 Å². The highest BCUT2D eigenvalue weighted by atomic mass is 16.1. The van der Waals surface area contributed by atoms with Crippen LogP contribution in [0, 0.1) is 0 Å². The summed E-state index contributed by atoms with van der Waals surface area (Å²) in [6.45, 7) is 12.6. The standard InChI is InChI=1S/C13H24N4O/c1-6-13(5,16(7-2)8-3)12(18)11-10-14-15-17(11)9-4/h10H,6-9H2,1-5H3. The van der Waals surface area contributed by atoms with Crippen molar-refractivity contribution in [3.05, 3.63) is 11.9 Å². The summed E-state index contributed by atoms with van der Waals surface area (Å²) >= 11 is 0. The van der Waals surface area contributed by atoms with Gasteiger partial charge in [0.05, 0.1) is 11.7 Å². The third kappa shape index (κ3) is 2.46. The Morgan fingerprint density at radius 1 is 1.33 bits per heavy atom. The van der Waals surface area contributed by atoms with Crippen molar-refractivity contribution in [2.45, 2.75) is 53.1 Å². The molecule has 0 aromatic carbocycles. The Kier molecular flexibility index (Phi) is 5.02. The predicted octanol–water partition coefficient (Wildman–Crippen LogP) is 1.99. The molecule has 5 heteroatoms. The number of hydrogen-bond acceptors (Lipinski definition) is 4. The minimum atomic E-state index is -0.474. The van der Waals surface area contributed by atoms with Gasteiger partial charge in [0.25, 0.3) is 0 Å². The van der Waals surface area contributed by atoms with Crippen molar-refractivity contribution in [3.63, 3.8) is 0 Å². The number of hydrogen-bond donors (Lipinski definition) is 0. The van der Waals surface area contributed by atoms with E-state index in [0.717, 1.165) is 19.5 Å². The van der Waals surface area contributed by atoms with Crippen LogP contribution in [0.2, 0.25) is 0 Å². The van der Waals surface area contributed by atoms with Gasteiger partial charge in [0.15, 0.2) is 0 Å². The highest BCUT2D eigenvalue weighted by Gasteiger charge is 2.38. The maximum absolute atomic E-state index is 12.8. The molecule has 1 aromatic heterocycles. The summed E-state index contributed by atoms with van der Waals surface area (Å²) in [6.07, 6.45) is 2.35. The van der Waals surface area contributed by atoms with Gasteiger partial charge in [0.2, 0.25) is 5.78 Å². The molecule has 0 aliphatic heterocycles. The fourth-order valence-corrected chi connectivity index (χ4v) is 2.39. The largest absolute Gasteiger partial charge is 0.291 e. The van der Waals surface area contributed by atoms with Gasteiger partial charge in [0.1, 0.15) is 5.69 Å². The maximum Gasteiger partial charge on any atom is 0.202 e. The molecule has 0 aliphatic carbocycles. The molecule has 18 heavy (non-hydrogen) atoms. The Morgan fingerprint density at radius 2 is 1.94 bits per heavy atom. The second-order valence-corrected chi connectivity index (χ2v) is 4.56. The van der Waals surface area contributed by atoms with Crippen molar-refractivity contribution < 1.29 is 4.79 Å². The van der Waals surface area contributed by atoms with E-state index >= 15 is 0 Å². The number of carbonyl (C=O) groups excluding carboxylic acids is 1. The summed E-state index contributed by atoms with van der Waals surface area (Å²) in [5.41, 5.74) is 0.131. The highest BCUT2D eigenvalue weighted by molar-refractivity contribution is 6.01. The van der Waals surface area contributed by atoms with E-state index in [2.05, 4.69) is 36.0 Å². The smallest absolute Gasteiger partial charge is 0.202 e. The van der Waals surface area contributed by atoms with Crippen molar-refractivity contribution in [2.24, 2.45) is 0 Å². The molecule has 102 valence electrons. The SMILES string of the molecule is CCN(CC)C(C)(CC)C(=O)c1cnnn1CC. The van der Waals surface area contributed by atoms with E-state index in [-0.39, 0.29) is 5.78 Å². The minimum absolute atomic E-state index is 0.112. The molecule has 1 heterocycles. The Bertz CT molecular complexity index is 397. The van der Waals surface area contributed by atoms with Crippen LogP contribution in [0.4, 0.5) is 0 Å². The van der Waals surface area contributed by atoms with Crippen LogP contribution in [0.15, 0.2) is 6.20 Å². The summed E-state index contributed by atoms with van der Waals surface area (Å²) in [6, 6.07) is 0. The zero-order valence-electron chi connectivity index (χ0n) is 12.1. The predicted molar refractivity (Wildman–Crippen MR) is 71.6 cm³/mol. The summed E-state index contributed by atoms with van der Waals surface area (Å²) < 4.78 is 1.67. The number of ketones is 1. The second-order valence-electron chi connectivity index (χ2n) is 4.56. The third-order valence-electron chi connectivity index (χ3n) is 3.79. The van der Waals surface area contributed by atoms with E-state index in [4.69, 9.17) is 0 Å². The summed E-state index contributed by atoms with van der Waals surface area (Å²) in [5.74, 6) is 0.112. The van der Waals surface area contributed by atoms with Crippen molar-refractivity contribution in [1.82, 2.24) is 19.9 Å². The molecule has 0 fully saturated rings. The van der Waals surface area contributed by atoms with Gasteiger partial charge in [-0.1, -0.05) is 26.0 Å². The van der Waals surface area contributed by atoms with Gasteiger partial charge in [-0.2, -0.15) is 0 Å². The van der Waals surface area contributed by atoms with Crippen molar-refractivity contribution in [3.8, 4) is 0 Å². The fourth-order valence-electron chi connectivity index (χ4n) is 2.39. The van der Waals surface area contributed by atoms with Gasteiger partial charge in [-0.15, -0.1) is 5.10 Å². The number of aryl methyl sites for hydroxylation is 1. The lowest BCUT2D eigenvalue weighted by Gasteiger charge is -2.38. The van der Waals surface area contributed by atoms with Crippen LogP contribution >= 0.6 is 0 Å². The van der Waals surface area contributed by atoms with E-state index in [9.17, 15) is 4.79 Å². The van der Waals surface area contributed by atoms with Crippen LogP contribution in [0.1, 0.15) is 51.5 Å². The minimum Gasteiger partial charge on any atom is -0.291 e. The number of rotatable bonds is 7. The summed E-state index contributed by atoms with van der Waals surface area (Å²) in [7, 11) is 0. The molecule has 0 aliphatic rings. The molecule has 1 unspecified atom stereocenters. The average molecular weight is 252 g/mol. The summed E-state index contributed by atoms with van der Waals surface area (Å²) in [4.78, 5) is 15.0. The Labute approximate surface area is 109 Å². The van der Waals surface area contributed by atoms with Crippen LogP contribution < -0.4 is 0 Å². The first-order valence-corrected chi connectivity index (χ1v) is 6.73. The van der Waals surface area contributed by atoms with Gasteiger partial charge in [0, 0.05) is 6.54 Å². The number of carbonyl (C=O) groups is 1. The molecule has 1 rings (SSSR count). The molecule has 0 spiro atoms. The first-order chi connectivity index (χ1) is 8.54. The first-order valence-electron chi connectivity index (χ1n) is 6.73. The van der Waals surface area contributed by atoms with Crippen LogP contribution in [0.3, 0.4) is 0 Å². The molecule has 0 bridgehead atoms. The lowest BCUT2D eigenvalue weighted by Crippen LogP contribution is -2.52. The average Bonchev–Trinajstić information content (AvgIpc) is 2.86. The van der Waals surface area contributed by atoms with Gasteiger partial charge in [-0.3, -0.25) is 9.69 Å². The monoisotopic (exact) mass is 252 g/mol. The molecular formula is C13H24N4O. The van der Waals surface area contributed by atoms with E-state index in [0.29, 0.717) is 12.2 Å². The number of Topliss-reactive ketones (excluding diaryl/α,β-unsaturated/α-hetero) is 1. The number of likely N-dealkylation sites (N-methyl/N-ethyl adjacent to an activating group) is 1. The molecule has 0 radical (unpaired) electrons. The molecule has 0 saturated heterocycles. The lowest BCUT2D eigenvalue weighted by atomic mass is 9.89. The highest BCUT2D eigenvalue weighted by Crippen LogP contribution is 2.24. The van der Waals surface area contributed by atoms with Crippen LogP contribution in [0.5, 0.6) is 0 Å². The van der Waals surface area contributed by atoms with Crippen LogP contribution in [-0.4, -0.2) is 44.3 Å². The molecule has 0 amide bonds. The van der Waals surface area contributed by atoms with Crippen molar-refractivity contribution >= 4 is 5.78 Å². The van der Waals surface area contributed by atoms with Crippen molar-refractivity contribution in [2.75, 3.05) is 13.1 Å². The Hall–Kier alpha value is -1.23. The topological polar surface area (TPSA) is 51.0 Å². The lowest BCUT2D eigenvalue weighted by molar-refractivity contribution is 0.0596. The van der Waals surface area contributed by atoms with E-state index in [1.165, 1.54) is 0 Å². The first kappa shape index (κ1) is 14.8. The van der Waals surface area contributed by atoms with E-state index in [1.54, 1.807) is 10.9 Å². The zero-order chi connectivity index (χ0) is 13.8. The normalized spacial score (nSPS) is 14.8. The van der Waals surface area contributed by atoms with Gasteiger partial charge >= 0.3 is 0 Å². The second kappa shape index (κ2) is 6.09. The van der Waals surface area contributed by atoms with Gasteiger partial charge in [-0.25, -0.2) is 4.68 Å². The third-order valence-corrected chi connectivity index (χ3v) is 3.79. The van der Waals surface area contributed by atoms with Gasteiger partial charge < -0.3 is 0 Å². The fraction of sp³-hybridized carbons (Fsp3) is 0.769. The molecule has 1 aromatic rings. The quantitative estimate of drug-likeness (QED) is 0.696. The molecule has 5 nitrogen and oxygen atoms in total. The van der Waals surface area contributed by atoms with Gasteiger partial charge in [-0.05, 0) is 33.4 Å². The van der Waals surface area contributed by atoms with E-state index in [1.807, 2.05) is 13.8 Å².